The molecule has 1 rings (SSSR count). The molecular weight excluding hydrogens is 170 g/mol. The van der Waals surface area contributed by atoms with Gasteiger partial charge in [0.15, 0.2) is 0 Å². The van der Waals surface area contributed by atoms with E-state index in [-0.39, 0.29) is 0 Å². The van der Waals surface area contributed by atoms with E-state index in [1.54, 1.807) is 23.1 Å². The lowest BCUT2D eigenvalue weighted by atomic mass is 10.00. The molecule has 0 aliphatic heterocycles. The van der Waals surface area contributed by atoms with Crippen LogP contribution in [0.25, 0.3) is 0 Å². The zero-order valence-corrected chi connectivity index (χ0v) is 7.47. The van der Waals surface area contributed by atoms with Crippen molar-refractivity contribution in [3.63, 3.8) is 0 Å². The fourth-order valence-corrected chi connectivity index (χ4v) is 0.886. The Balaban J connectivity index is 2.47. The molecule has 0 saturated carbocycles. The molecule has 0 aliphatic carbocycles. The number of nitrogens with two attached hydrogens (primary N) is 1. The van der Waals surface area contributed by atoms with Crippen LogP contribution in [0.3, 0.4) is 0 Å². The standard InChI is InChI=1S/C8H13N3O2/c1-8(9,7(12)13)3-6-11-5-2-4-10-11/h2,4-5H,3,6,9H2,1H3,(H,12,13). The molecule has 0 saturated heterocycles. The van der Waals surface area contributed by atoms with E-state index in [2.05, 4.69) is 5.10 Å². The number of aryl methyl sites for hydroxylation is 1. The van der Waals surface area contributed by atoms with E-state index in [4.69, 9.17) is 10.8 Å². The van der Waals surface area contributed by atoms with Crippen LogP contribution >= 0.6 is 0 Å². The molecule has 13 heavy (non-hydrogen) atoms. The fourth-order valence-electron chi connectivity index (χ4n) is 0.886. The van der Waals surface area contributed by atoms with Gasteiger partial charge in [-0.2, -0.15) is 5.10 Å². The second-order valence-corrected chi connectivity index (χ2v) is 3.24. The minimum absolute atomic E-state index is 0.365. The summed E-state index contributed by atoms with van der Waals surface area (Å²) in [5.41, 5.74) is 4.36. The lowest BCUT2D eigenvalue weighted by Crippen LogP contribution is -2.45. The highest BCUT2D eigenvalue weighted by Gasteiger charge is 2.27. The van der Waals surface area contributed by atoms with E-state index in [1.807, 2.05) is 0 Å². The van der Waals surface area contributed by atoms with Gasteiger partial charge >= 0.3 is 5.97 Å². The van der Waals surface area contributed by atoms with Crippen molar-refractivity contribution in [1.29, 1.82) is 0 Å². The Morgan fingerprint density at radius 2 is 2.46 bits per heavy atom. The number of aliphatic carboxylic acids is 1. The molecule has 1 heterocycles. The summed E-state index contributed by atoms with van der Waals surface area (Å²) in [6.07, 6.45) is 3.79. The maximum Gasteiger partial charge on any atom is 0.323 e. The highest BCUT2D eigenvalue weighted by Crippen LogP contribution is 2.06. The third-order valence-electron chi connectivity index (χ3n) is 1.91. The number of nitrogens with zero attached hydrogens (tertiary/aromatic N) is 2. The summed E-state index contributed by atoms with van der Waals surface area (Å²) < 4.78 is 1.66. The van der Waals surface area contributed by atoms with E-state index in [1.165, 1.54) is 6.92 Å². The number of carbonyl (C=O) groups is 1. The molecule has 1 unspecified atom stereocenters. The predicted molar refractivity (Wildman–Crippen MR) is 47.1 cm³/mol. The first-order chi connectivity index (χ1) is 6.02. The van der Waals surface area contributed by atoms with Crippen LogP contribution in [0.5, 0.6) is 0 Å². The molecule has 0 radical (unpaired) electrons. The summed E-state index contributed by atoms with van der Waals surface area (Å²) in [7, 11) is 0. The Hall–Kier alpha value is -1.36. The first-order valence-corrected chi connectivity index (χ1v) is 4.02. The molecule has 1 aromatic rings. The Bertz CT molecular complexity index is 280. The van der Waals surface area contributed by atoms with Crippen molar-refractivity contribution in [2.75, 3.05) is 0 Å². The summed E-state index contributed by atoms with van der Waals surface area (Å²) in [5.74, 6) is -0.986. The maximum absolute atomic E-state index is 10.6. The monoisotopic (exact) mass is 183 g/mol. The number of rotatable bonds is 4. The average molecular weight is 183 g/mol. The lowest BCUT2D eigenvalue weighted by Gasteiger charge is -2.18. The van der Waals surface area contributed by atoms with E-state index in [0.29, 0.717) is 13.0 Å². The van der Waals surface area contributed by atoms with Crippen molar-refractivity contribution in [3.05, 3.63) is 18.5 Å². The highest BCUT2D eigenvalue weighted by molar-refractivity contribution is 5.77. The topological polar surface area (TPSA) is 81.1 Å². The van der Waals surface area contributed by atoms with Crippen LogP contribution in [0.15, 0.2) is 18.5 Å². The van der Waals surface area contributed by atoms with Gasteiger partial charge in [-0.15, -0.1) is 0 Å². The molecule has 0 spiro atoms. The SMILES string of the molecule is CC(N)(CCn1cccn1)C(=O)O. The van der Waals surface area contributed by atoms with E-state index in [0.717, 1.165) is 0 Å². The molecule has 1 atom stereocenters. The first kappa shape index (κ1) is 9.73. The summed E-state index contributed by atoms with van der Waals surface area (Å²) >= 11 is 0. The van der Waals surface area contributed by atoms with Crippen molar-refractivity contribution in [1.82, 2.24) is 9.78 Å². The Kier molecular flexibility index (Phi) is 2.67. The van der Waals surface area contributed by atoms with Gasteiger partial charge in [0, 0.05) is 18.9 Å². The van der Waals surface area contributed by atoms with Crippen LogP contribution < -0.4 is 5.73 Å². The van der Waals surface area contributed by atoms with Gasteiger partial charge in [0.2, 0.25) is 0 Å². The van der Waals surface area contributed by atoms with Crippen molar-refractivity contribution in [2.24, 2.45) is 5.73 Å². The van der Waals surface area contributed by atoms with Gasteiger partial charge < -0.3 is 10.8 Å². The zero-order chi connectivity index (χ0) is 9.90. The minimum atomic E-state index is -1.17. The molecule has 0 amide bonds. The molecule has 0 aromatic carbocycles. The molecule has 1 aromatic heterocycles. The zero-order valence-electron chi connectivity index (χ0n) is 7.47. The molecule has 5 heteroatoms. The number of carboxylic acid groups (broad SMARTS) is 1. The van der Waals surface area contributed by atoms with E-state index < -0.39 is 11.5 Å². The third kappa shape index (κ3) is 2.55. The molecule has 0 bridgehead atoms. The van der Waals surface area contributed by atoms with Gasteiger partial charge in [-0.25, -0.2) is 0 Å². The molecule has 0 fully saturated rings. The Morgan fingerprint density at radius 1 is 1.77 bits per heavy atom. The quantitative estimate of drug-likeness (QED) is 0.692. The summed E-state index contributed by atoms with van der Waals surface area (Å²) in [5, 5.41) is 12.7. The number of hydrogen-bond acceptors (Lipinski definition) is 3. The molecular formula is C8H13N3O2. The van der Waals surface area contributed by atoms with Crippen molar-refractivity contribution in [2.45, 2.75) is 25.4 Å². The molecule has 5 nitrogen and oxygen atoms in total. The van der Waals surface area contributed by atoms with E-state index in [9.17, 15) is 4.79 Å². The second kappa shape index (κ2) is 3.57. The number of carboxylic acids is 1. The van der Waals surface area contributed by atoms with Gasteiger partial charge in [-0.05, 0) is 19.4 Å². The van der Waals surface area contributed by atoms with Crippen molar-refractivity contribution < 1.29 is 9.90 Å². The van der Waals surface area contributed by atoms with Crippen LogP contribution in [0, 0.1) is 0 Å². The van der Waals surface area contributed by atoms with Gasteiger partial charge in [0.05, 0.1) is 0 Å². The van der Waals surface area contributed by atoms with Gasteiger partial charge in [0.1, 0.15) is 5.54 Å². The van der Waals surface area contributed by atoms with Gasteiger partial charge in [0.25, 0.3) is 0 Å². The van der Waals surface area contributed by atoms with Crippen molar-refractivity contribution in [3.8, 4) is 0 Å². The van der Waals surface area contributed by atoms with Gasteiger partial charge in [-0.3, -0.25) is 9.48 Å². The highest BCUT2D eigenvalue weighted by atomic mass is 16.4. The number of aromatic nitrogens is 2. The molecule has 3 N–H and O–H groups in total. The minimum Gasteiger partial charge on any atom is -0.480 e. The third-order valence-corrected chi connectivity index (χ3v) is 1.91. The Morgan fingerprint density at radius 3 is 2.92 bits per heavy atom. The fraction of sp³-hybridized carbons (Fsp3) is 0.500. The molecule has 0 aliphatic rings. The first-order valence-electron chi connectivity index (χ1n) is 4.02. The normalized spacial score (nSPS) is 15.2. The van der Waals surface area contributed by atoms with Crippen LogP contribution in [-0.2, 0) is 11.3 Å². The van der Waals surface area contributed by atoms with Crippen LogP contribution in [-0.4, -0.2) is 26.4 Å². The maximum atomic E-state index is 10.6. The second-order valence-electron chi connectivity index (χ2n) is 3.24. The summed E-state index contributed by atoms with van der Waals surface area (Å²) in [4.78, 5) is 10.6. The largest absolute Gasteiger partial charge is 0.480 e. The average Bonchev–Trinajstić information content (AvgIpc) is 2.52. The van der Waals surface area contributed by atoms with Crippen molar-refractivity contribution >= 4 is 5.97 Å². The lowest BCUT2D eigenvalue weighted by molar-refractivity contribution is -0.143. The smallest absolute Gasteiger partial charge is 0.323 e. The van der Waals surface area contributed by atoms with Crippen LogP contribution in [0.1, 0.15) is 13.3 Å². The summed E-state index contributed by atoms with van der Waals surface area (Å²) in [6, 6.07) is 1.79. The van der Waals surface area contributed by atoms with E-state index >= 15 is 0 Å². The van der Waals surface area contributed by atoms with Gasteiger partial charge in [-0.1, -0.05) is 0 Å². The number of hydrogen-bond donors (Lipinski definition) is 2. The molecule has 72 valence electrons. The van der Waals surface area contributed by atoms with Crippen LogP contribution in [0.4, 0.5) is 0 Å². The predicted octanol–water partition coefficient (Wildman–Crippen LogP) is 0.0752. The van der Waals surface area contributed by atoms with Crippen LogP contribution in [0.2, 0.25) is 0 Å². The summed E-state index contributed by atoms with van der Waals surface area (Å²) in [6.45, 7) is 2.02. The Labute approximate surface area is 76.2 Å².